The molecule has 8 heteroatoms. The van der Waals surface area contributed by atoms with E-state index in [1.165, 1.54) is 12.1 Å². The molecule has 1 saturated carbocycles. The van der Waals surface area contributed by atoms with Gasteiger partial charge in [-0.25, -0.2) is 4.39 Å². The van der Waals surface area contributed by atoms with E-state index in [-0.39, 0.29) is 35.0 Å². The van der Waals surface area contributed by atoms with E-state index in [1.807, 2.05) is 24.3 Å². The first-order valence-electron chi connectivity index (χ1n) is 9.44. The minimum atomic E-state index is -0.523. The number of hydrogen-bond acceptors (Lipinski definition) is 4. The highest BCUT2D eigenvalue weighted by Crippen LogP contribution is 2.48. The smallest absolute Gasteiger partial charge is 0.293 e. The summed E-state index contributed by atoms with van der Waals surface area (Å²) in [4.78, 5) is 38.9. The van der Waals surface area contributed by atoms with E-state index in [9.17, 15) is 18.8 Å². The maximum absolute atomic E-state index is 13.0. The number of thioether (sulfide) groups is 1. The second-order valence-electron chi connectivity index (χ2n) is 7.23. The van der Waals surface area contributed by atoms with Crippen molar-refractivity contribution in [2.45, 2.75) is 18.3 Å². The van der Waals surface area contributed by atoms with Crippen LogP contribution in [0.15, 0.2) is 57.9 Å². The Hall–Kier alpha value is -2.45. The molecular weight excluding hydrogens is 471 g/mol. The van der Waals surface area contributed by atoms with Gasteiger partial charge < -0.3 is 5.32 Å². The molecule has 0 radical (unpaired) electrons. The van der Waals surface area contributed by atoms with Crippen LogP contribution in [-0.4, -0.2) is 35.0 Å². The summed E-state index contributed by atoms with van der Waals surface area (Å²) in [5, 5.41) is 2.49. The number of rotatable bonds is 6. The van der Waals surface area contributed by atoms with Crippen molar-refractivity contribution in [2.75, 3.05) is 13.1 Å². The number of hydrogen-bond donors (Lipinski definition) is 1. The van der Waals surface area contributed by atoms with Crippen LogP contribution >= 0.6 is 27.7 Å². The summed E-state index contributed by atoms with van der Waals surface area (Å²) in [7, 11) is 0. The van der Waals surface area contributed by atoms with Gasteiger partial charge >= 0.3 is 0 Å². The lowest BCUT2D eigenvalue weighted by atomic mass is 9.95. The Morgan fingerprint density at radius 2 is 1.93 bits per heavy atom. The van der Waals surface area contributed by atoms with Gasteiger partial charge in [-0.05, 0) is 66.1 Å². The fraction of sp³-hybridized carbons (Fsp3) is 0.227. The van der Waals surface area contributed by atoms with E-state index >= 15 is 0 Å². The van der Waals surface area contributed by atoms with E-state index < -0.39 is 11.3 Å². The lowest BCUT2D eigenvalue weighted by Gasteiger charge is -2.18. The van der Waals surface area contributed by atoms with Crippen LogP contribution in [0.4, 0.5) is 9.18 Å². The number of imide groups is 1. The third-order valence-corrected chi connectivity index (χ3v) is 6.62. The molecule has 1 heterocycles. The SMILES string of the molecule is O=C1S/C(=C\c2ccc(F)cc2)C(=O)N1CCNC(=O)C1(c2cccc(Br)c2)CC1. The molecule has 4 rings (SSSR count). The highest BCUT2D eigenvalue weighted by molar-refractivity contribution is 9.10. The summed E-state index contributed by atoms with van der Waals surface area (Å²) in [5.41, 5.74) is 1.08. The van der Waals surface area contributed by atoms with Crippen molar-refractivity contribution in [1.29, 1.82) is 0 Å². The van der Waals surface area contributed by atoms with Gasteiger partial charge in [-0.1, -0.05) is 40.2 Å². The number of benzene rings is 2. The summed E-state index contributed by atoms with van der Waals surface area (Å²) in [5.74, 6) is -0.863. The largest absolute Gasteiger partial charge is 0.354 e. The molecule has 0 aromatic heterocycles. The van der Waals surface area contributed by atoms with Crippen molar-refractivity contribution in [3.8, 4) is 0 Å². The molecule has 1 aliphatic heterocycles. The zero-order valence-electron chi connectivity index (χ0n) is 15.9. The first-order valence-corrected chi connectivity index (χ1v) is 11.1. The van der Waals surface area contributed by atoms with E-state index in [1.54, 1.807) is 18.2 Å². The van der Waals surface area contributed by atoms with Crippen LogP contribution in [0.1, 0.15) is 24.0 Å². The van der Waals surface area contributed by atoms with Gasteiger partial charge in [-0.2, -0.15) is 0 Å². The zero-order chi connectivity index (χ0) is 21.3. The topological polar surface area (TPSA) is 66.5 Å². The molecule has 0 unspecified atom stereocenters. The first kappa shape index (κ1) is 20.8. The second kappa shape index (κ2) is 8.35. The highest BCUT2D eigenvalue weighted by Gasteiger charge is 2.51. The molecule has 0 atom stereocenters. The van der Waals surface area contributed by atoms with E-state index in [2.05, 4.69) is 21.2 Å². The Bertz CT molecular complexity index is 1050. The van der Waals surface area contributed by atoms with Gasteiger partial charge in [-0.3, -0.25) is 19.3 Å². The van der Waals surface area contributed by atoms with Gasteiger partial charge in [0.15, 0.2) is 0 Å². The van der Waals surface area contributed by atoms with Crippen LogP contribution in [0.25, 0.3) is 6.08 Å². The number of nitrogens with zero attached hydrogens (tertiary/aromatic N) is 1. The van der Waals surface area contributed by atoms with Crippen LogP contribution in [-0.2, 0) is 15.0 Å². The Morgan fingerprint density at radius 3 is 2.60 bits per heavy atom. The average molecular weight is 489 g/mol. The zero-order valence-corrected chi connectivity index (χ0v) is 18.3. The van der Waals surface area contributed by atoms with Crippen molar-refractivity contribution in [3.05, 3.63) is 74.9 Å². The molecular formula is C22H18BrFN2O3S. The third kappa shape index (κ3) is 4.20. The van der Waals surface area contributed by atoms with Crippen LogP contribution in [0, 0.1) is 5.82 Å². The van der Waals surface area contributed by atoms with Crippen molar-refractivity contribution >= 4 is 50.8 Å². The quantitative estimate of drug-likeness (QED) is 0.609. The molecule has 2 aliphatic rings. The molecule has 5 nitrogen and oxygen atoms in total. The van der Waals surface area contributed by atoms with E-state index in [4.69, 9.17) is 0 Å². The van der Waals surface area contributed by atoms with Crippen molar-refractivity contribution in [2.24, 2.45) is 0 Å². The number of nitrogens with one attached hydrogen (secondary N) is 1. The summed E-state index contributed by atoms with van der Waals surface area (Å²) >= 11 is 4.28. The molecule has 30 heavy (non-hydrogen) atoms. The van der Waals surface area contributed by atoms with Gasteiger partial charge in [0.25, 0.3) is 11.1 Å². The fourth-order valence-electron chi connectivity index (χ4n) is 3.41. The third-order valence-electron chi connectivity index (χ3n) is 5.22. The van der Waals surface area contributed by atoms with Crippen molar-refractivity contribution < 1.29 is 18.8 Å². The van der Waals surface area contributed by atoms with E-state index in [0.29, 0.717) is 5.56 Å². The lowest BCUT2D eigenvalue weighted by Crippen LogP contribution is -2.41. The summed E-state index contributed by atoms with van der Waals surface area (Å²) < 4.78 is 14.0. The normalized spacial score (nSPS) is 18.7. The molecule has 0 bridgehead atoms. The molecule has 3 amide bonds. The Morgan fingerprint density at radius 1 is 1.20 bits per heavy atom. The van der Waals surface area contributed by atoms with Crippen molar-refractivity contribution in [3.63, 3.8) is 0 Å². The maximum Gasteiger partial charge on any atom is 0.293 e. The molecule has 154 valence electrons. The Balaban J connectivity index is 1.36. The number of carbonyl (C=O) groups is 3. The number of halogens is 2. The van der Waals surface area contributed by atoms with E-state index in [0.717, 1.165) is 39.5 Å². The number of amides is 3. The van der Waals surface area contributed by atoms with Crippen LogP contribution in [0.5, 0.6) is 0 Å². The molecule has 1 N–H and O–H groups in total. The number of carbonyl (C=O) groups excluding carboxylic acids is 3. The molecule has 0 spiro atoms. The van der Waals surface area contributed by atoms with Crippen LogP contribution in [0.3, 0.4) is 0 Å². The van der Waals surface area contributed by atoms with Gasteiger partial charge in [-0.15, -0.1) is 0 Å². The molecule has 1 saturated heterocycles. The first-order chi connectivity index (χ1) is 14.4. The highest BCUT2D eigenvalue weighted by atomic mass is 79.9. The summed E-state index contributed by atoms with van der Waals surface area (Å²) in [6.45, 7) is 0.294. The Kier molecular flexibility index (Phi) is 5.79. The lowest BCUT2D eigenvalue weighted by molar-refractivity contribution is -0.125. The Labute approximate surface area is 185 Å². The predicted molar refractivity (Wildman–Crippen MR) is 117 cm³/mol. The van der Waals surface area contributed by atoms with Crippen molar-refractivity contribution in [1.82, 2.24) is 10.2 Å². The predicted octanol–water partition coefficient (Wildman–Crippen LogP) is 4.47. The summed E-state index contributed by atoms with van der Waals surface area (Å²) in [6, 6.07) is 13.4. The monoisotopic (exact) mass is 488 g/mol. The minimum absolute atomic E-state index is 0.0885. The van der Waals surface area contributed by atoms with Crippen LogP contribution in [0.2, 0.25) is 0 Å². The minimum Gasteiger partial charge on any atom is -0.354 e. The van der Waals surface area contributed by atoms with Gasteiger partial charge in [0.1, 0.15) is 5.82 Å². The fourth-order valence-corrected chi connectivity index (χ4v) is 4.68. The van der Waals surface area contributed by atoms with Gasteiger partial charge in [0.05, 0.1) is 10.3 Å². The maximum atomic E-state index is 13.0. The van der Waals surface area contributed by atoms with Gasteiger partial charge in [0, 0.05) is 17.6 Å². The van der Waals surface area contributed by atoms with Gasteiger partial charge in [0.2, 0.25) is 5.91 Å². The second-order valence-corrected chi connectivity index (χ2v) is 9.14. The molecule has 2 aromatic rings. The summed E-state index contributed by atoms with van der Waals surface area (Å²) in [6.07, 6.45) is 3.11. The molecule has 2 aromatic carbocycles. The molecule has 1 aliphatic carbocycles. The standard InChI is InChI=1S/C22H18BrFN2O3S/c23-16-3-1-2-15(13-16)22(8-9-22)20(28)25-10-11-26-19(27)18(30-21(26)29)12-14-4-6-17(24)7-5-14/h1-7,12-13H,8-11H2,(H,25,28)/b18-12-. The molecule has 2 fully saturated rings. The average Bonchev–Trinajstić information content (AvgIpc) is 3.49. The van der Waals surface area contributed by atoms with Crippen LogP contribution < -0.4 is 5.32 Å².